The van der Waals surface area contributed by atoms with Crippen LogP contribution in [0, 0.1) is 0 Å². The van der Waals surface area contributed by atoms with Gasteiger partial charge in [-0.25, -0.2) is 0 Å². The number of carbonyl (C=O) groups is 2. The summed E-state index contributed by atoms with van der Waals surface area (Å²) in [5.74, 6) is -0.319. The molecule has 1 saturated carbocycles. The van der Waals surface area contributed by atoms with Gasteiger partial charge < -0.3 is 15.1 Å². The maximum atomic E-state index is 12.3. The van der Waals surface area contributed by atoms with E-state index in [2.05, 4.69) is 10.6 Å². The highest BCUT2D eigenvalue weighted by Crippen LogP contribution is 2.19. The lowest BCUT2D eigenvalue weighted by Gasteiger charge is -2.18. The van der Waals surface area contributed by atoms with Crippen LogP contribution in [-0.4, -0.2) is 23.9 Å². The zero-order chi connectivity index (χ0) is 15.4. The van der Waals surface area contributed by atoms with Gasteiger partial charge in [0.15, 0.2) is 5.76 Å². The molecule has 0 saturated heterocycles. The van der Waals surface area contributed by atoms with E-state index in [0.717, 1.165) is 18.4 Å². The average Bonchev–Trinajstić information content (AvgIpc) is 3.17. The molecule has 0 bridgehead atoms. The maximum absolute atomic E-state index is 12.3. The van der Waals surface area contributed by atoms with Crippen molar-refractivity contribution in [2.75, 3.05) is 0 Å². The molecule has 0 radical (unpaired) electrons. The van der Waals surface area contributed by atoms with E-state index in [1.165, 1.54) is 6.26 Å². The molecule has 5 nitrogen and oxygen atoms in total. The van der Waals surface area contributed by atoms with Crippen molar-refractivity contribution in [2.24, 2.45) is 0 Å². The fourth-order valence-electron chi connectivity index (χ4n) is 2.23. The van der Waals surface area contributed by atoms with Crippen molar-refractivity contribution in [1.82, 2.24) is 10.6 Å². The first-order valence-corrected chi connectivity index (χ1v) is 7.41. The normalized spacial score (nSPS) is 15.1. The molecule has 1 fully saturated rings. The van der Waals surface area contributed by atoms with Crippen LogP contribution in [0.5, 0.6) is 0 Å². The molecule has 1 aliphatic rings. The Hall–Kier alpha value is -2.56. The number of nitrogens with one attached hydrogen (secondary N) is 2. The van der Waals surface area contributed by atoms with Crippen molar-refractivity contribution >= 4 is 11.8 Å². The Balaban J connectivity index is 1.70. The van der Waals surface area contributed by atoms with E-state index in [1.54, 1.807) is 12.1 Å². The van der Waals surface area contributed by atoms with Gasteiger partial charge in [-0.1, -0.05) is 30.3 Å². The lowest BCUT2D eigenvalue weighted by Crippen LogP contribution is -2.48. The summed E-state index contributed by atoms with van der Waals surface area (Å²) in [6.07, 6.45) is 3.91. The van der Waals surface area contributed by atoms with Crippen molar-refractivity contribution in [3.05, 3.63) is 60.1 Å². The smallest absolute Gasteiger partial charge is 0.287 e. The van der Waals surface area contributed by atoms with E-state index in [-0.39, 0.29) is 23.6 Å². The fraction of sp³-hybridized carbons (Fsp3) is 0.294. The number of furan rings is 1. The first-order chi connectivity index (χ1) is 10.7. The van der Waals surface area contributed by atoms with E-state index in [0.29, 0.717) is 6.42 Å². The van der Waals surface area contributed by atoms with Crippen LogP contribution in [0.25, 0.3) is 0 Å². The van der Waals surface area contributed by atoms with Crippen LogP contribution < -0.4 is 10.6 Å². The topological polar surface area (TPSA) is 71.3 Å². The summed E-state index contributed by atoms with van der Waals surface area (Å²) < 4.78 is 5.08. The monoisotopic (exact) mass is 298 g/mol. The van der Waals surface area contributed by atoms with Gasteiger partial charge in [0.05, 0.1) is 6.26 Å². The molecular formula is C17H18N2O3. The third kappa shape index (κ3) is 3.75. The van der Waals surface area contributed by atoms with E-state index < -0.39 is 6.04 Å². The number of hydrogen-bond acceptors (Lipinski definition) is 3. The summed E-state index contributed by atoms with van der Waals surface area (Å²) in [6, 6.07) is 12.5. The van der Waals surface area contributed by atoms with Crippen molar-refractivity contribution < 1.29 is 14.0 Å². The van der Waals surface area contributed by atoms with Crippen LogP contribution in [0.3, 0.4) is 0 Å². The summed E-state index contributed by atoms with van der Waals surface area (Å²) in [5, 5.41) is 5.70. The van der Waals surface area contributed by atoms with Crippen LogP contribution in [0.2, 0.25) is 0 Å². The van der Waals surface area contributed by atoms with E-state index in [9.17, 15) is 9.59 Å². The van der Waals surface area contributed by atoms with Gasteiger partial charge >= 0.3 is 0 Å². The molecular weight excluding hydrogens is 280 g/mol. The van der Waals surface area contributed by atoms with E-state index >= 15 is 0 Å². The summed E-state index contributed by atoms with van der Waals surface area (Å²) >= 11 is 0. The molecule has 1 aromatic carbocycles. The van der Waals surface area contributed by atoms with E-state index in [4.69, 9.17) is 4.42 Å². The molecule has 2 aromatic rings. The van der Waals surface area contributed by atoms with Gasteiger partial charge in [-0.2, -0.15) is 0 Å². The highest BCUT2D eigenvalue weighted by atomic mass is 16.3. The average molecular weight is 298 g/mol. The largest absolute Gasteiger partial charge is 0.459 e. The second-order valence-corrected chi connectivity index (χ2v) is 5.48. The lowest BCUT2D eigenvalue weighted by atomic mass is 10.1. The minimum Gasteiger partial charge on any atom is -0.459 e. The number of benzene rings is 1. The zero-order valence-electron chi connectivity index (χ0n) is 12.1. The molecule has 0 spiro atoms. The lowest BCUT2D eigenvalue weighted by molar-refractivity contribution is -0.123. The minimum atomic E-state index is -0.611. The fourth-order valence-corrected chi connectivity index (χ4v) is 2.23. The van der Waals surface area contributed by atoms with Gasteiger partial charge in [0.1, 0.15) is 6.04 Å². The molecule has 1 heterocycles. The second-order valence-electron chi connectivity index (χ2n) is 5.48. The molecule has 5 heteroatoms. The quantitative estimate of drug-likeness (QED) is 0.855. The van der Waals surface area contributed by atoms with E-state index in [1.807, 2.05) is 30.3 Å². The Morgan fingerprint density at radius 1 is 1.14 bits per heavy atom. The van der Waals surface area contributed by atoms with Gasteiger partial charge in [-0.3, -0.25) is 9.59 Å². The summed E-state index contributed by atoms with van der Waals surface area (Å²) in [7, 11) is 0. The number of amides is 2. The maximum Gasteiger partial charge on any atom is 0.287 e. The zero-order valence-corrected chi connectivity index (χ0v) is 12.1. The van der Waals surface area contributed by atoms with Gasteiger partial charge in [0.2, 0.25) is 5.91 Å². The van der Waals surface area contributed by atoms with Crippen molar-refractivity contribution in [3.63, 3.8) is 0 Å². The molecule has 0 aliphatic heterocycles. The SMILES string of the molecule is O=C(N[C@@H](Cc1ccccc1)C(=O)NC1CC1)c1ccco1. The molecule has 2 amide bonds. The Morgan fingerprint density at radius 3 is 2.55 bits per heavy atom. The van der Waals surface area contributed by atoms with Crippen LogP contribution in [0.4, 0.5) is 0 Å². The summed E-state index contributed by atoms with van der Waals surface area (Å²) in [4.78, 5) is 24.5. The Morgan fingerprint density at radius 2 is 1.91 bits per heavy atom. The molecule has 3 rings (SSSR count). The van der Waals surface area contributed by atoms with Gasteiger partial charge in [-0.15, -0.1) is 0 Å². The number of rotatable bonds is 6. The van der Waals surface area contributed by atoms with Gasteiger partial charge in [0, 0.05) is 12.5 Å². The second kappa shape index (κ2) is 6.47. The Kier molecular flexibility index (Phi) is 4.23. The first-order valence-electron chi connectivity index (χ1n) is 7.41. The predicted octanol–water partition coefficient (Wildman–Crippen LogP) is 1.90. The third-order valence-corrected chi connectivity index (χ3v) is 3.57. The number of carbonyl (C=O) groups excluding carboxylic acids is 2. The summed E-state index contributed by atoms with van der Waals surface area (Å²) in [5.41, 5.74) is 0.998. The van der Waals surface area contributed by atoms with Crippen LogP contribution in [0.1, 0.15) is 29.0 Å². The van der Waals surface area contributed by atoms with Crippen LogP contribution in [-0.2, 0) is 11.2 Å². The van der Waals surface area contributed by atoms with Crippen molar-refractivity contribution in [1.29, 1.82) is 0 Å². The van der Waals surface area contributed by atoms with Crippen LogP contribution >= 0.6 is 0 Å². The Labute approximate surface area is 128 Å². The molecule has 0 unspecified atom stereocenters. The first kappa shape index (κ1) is 14.4. The standard InChI is InChI=1S/C17H18N2O3/c20-16(18-13-8-9-13)14(11-12-5-2-1-3-6-12)19-17(21)15-7-4-10-22-15/h1-7,10,13-14H,8-9,11H2,(H,18,20)(H,19,21)/t14-/m0/s1. The number of hydrogen-bond donors (Lipinski definition) is 2. The van der Waals surface area contributed by atoms with Gasteiger partial charge in [-0.05, 0) is 30.5 Å². The summed E-state index contributed by atoms with van der Waals surface area (Å²) in [6.45, 7) is 0. The minimum absolute atomic E-state index is 0.147. The Bertz CT molecular complexity index is 633. The molecule has 1 aliphatic carbocycles. The predicted molar refractivity (Wildman–Crippen MR) is 81.3 cm³/mol. The third-order valence-electron chi connectivity index (χ3n) is 3.57. The highest BCUT2D eigenvalue weighted by Gasteiger charge is 2.29. The molecule has 22 heavy (non-hydrogen) atoms. The van der Waals surface area contributed by atoms with Gasteiger partial charge in [0.25, 0.3) is 5.91 Å². The molecule has 1 atom stereocenters. The van der Waals surface area contributed by atoms with Crippen LogP contribution in [0.15, 0.2) is 53.1 Å². The molecule has 114 valence electrons. The molecule has 2 N–H and O–H groups in total. The van der Waals surface area contributed by atoms with Crippen molar-refractivity contribution in [2.45, 2.75) is 31.3 Å². The molecule has 1 aromatic heterocycles. The van der Waals surface area contributed by atoms with Crippen molar-refractivity contribution in [3.8, 4) is 0 Å². The highest BCUT2D eigenvalue weighted by molar-refractivity contribution is 5.95.